The fourth-order valence-electron chi connectivity index (χ4n) is 6.91. The largest absolute Gasteiger partial charge is 0.475 e. The van der Waals surface area contributed by atoms with Gasteiger partial charge in [0.05, 0.1) is 33.5 Å². The molecule has 0 unspecified atom stereocenters. The highest BCUT2D eigenvalue weighted by Crippen LogP contribution is 2.43. The molecule has 2 aromatic heterocycles. The average molecular weight is 686 g/mol. The molecule has 2 saturated heterocycles. The maximum Gasteiger partial charge on any atom is 0.220 e. The fourth-order valence-corrected chi connectivity index (χ4v) is 7.56. The number of hydrogen-bond acceptors (Lipinski definition) is 8. The molecule has 8 rings (SSSR count). The van der Waals surface area contributed by atoms with Gasteiger partial charge in [0.25, 0.3) is 0 Å². The molecule has 246 valence electrons. The molecule has 2 amide bonds. The van der Waals surface area contributed by atoms with Crippen molar-refractivity contribution in [1.29, 1.82) is 0 Å². The number of halogens is 2. The van der Waals surface area contributed by atoms with Gasteiger partial charge in [0.2, 0.25) is 23.6 Å². The Morgan fingerprint density at radius 2 is 1.08 bits per heavy atom. The number of hydrogen-bond donors (Lipinski definition) is 4. The molecule has 0 bridgehead atoms. The second kappa shape index (κ2) is 13.0. The lowest BCUT2D eigenvalue weighted by Crippen LogP contribution is -2.37. The third-order valence-corrected chi connectivity index (χ3v) is 10.3. The van der Waals surface area contributed by atoms with Crippen molar-refractivity contribution in [2.45, 2.75) is 49.9 Å². The summed E-state index contributed by atoms with van der Waals surface area (Å²) >= 11 is 14.2. The lowest BCUT2D eigenvalue weighted by molar-refractivity contribution is -0.120. The molecule has 4 aromatic rings. The number of fused-ring (bicyclic) bond motifs is 2. The van der Waals surface area contributed by atoms with Crippen molar-refractivity contribution in [1.82, 2.24) is 31.2 Å². The van der Waals surface area contributed by atoms with Gasteiger partial charge in [-0.2, -0.15) is 0 Å². The molecule has 0 saturated carbocycles. The number of nitrogens with one attached hydrogen (secondary N) is 4. The van der Waals surface area contributed by atoms with Crippen LogP contribution >= 0.6 is 23.2 Å². The maximum atomic E-state index is 11.6. The first-order valence-corrected chi connectivity index (χ1v) is 17.1. The molecule has 48 heavy (non-hydrogen) atoms. The SMILES string of the molecule is O=C1CC[C@H](CN[C@H]2COc3nc(-c4cccc(-c5cccc(-c6ccc7c(n6)OC[C@@H]7NC[C@H]6CCC(=O)N6)c5Cl)c4Cl)ccc32)N1. The van der Waals surface area contributed by atoms with Crippen LogP contribution in [0.2, 0.25) is 10.0 Å². The van der Waals surface area contributed by atoms with Crippen molar-refractivity contribution in [3.8, 4) is 45.4 Å². The Morgan fingerprint density at radius 3 is 1.50 bits per heavy atom. The molecular weight excluding hydrogens is 651 g/mol. The summed E-state index contributed by atoms with van der Waals surface area (Å²) in [6, 6.07) is 19.9. The minimum absolute atomic E-state index is 0.00366. The van der Waals surface area contributed by atoms with Crippen LogP contribution in [0.1, 0.15) is 48.9 Å². The number of rotatable bonds is 9. The third-order valence-electron chi connectivity index (χ3n) is 9.53. The molecule has 0 spiro atoms. The summed E-state index contributed by atoms with van der Waals surface area (Å²) in [6.07, 6.45) is 2.83. The average Bonchev–Trinajstić information content (AvgIpc) is 3.90. The van der Waals surface area contributed by atoms with E-state index in [0.717, 1.165) is 46.2 Å². The van der Waals surface area contributed by atoms with Crippen molar-refractivity contribution in [3.05, 3.63) is 81.8 Å². The van der Waals surface area contributed by atoms with Crippen LogP contribution in [0.4, 0.5) is 0 Å². The topological polar surface area (TPSA) is 126 Å². The van der Waals surface area contributed by atoms with E-state index in [2.05, 4.69) is 21.3 Å². The normalized spacial score (nSPS) is 22.5. The summed E-state index contributed by atoms with van der Waals surface area (Å²) in [5, 5.41) is 14.1. The number of aromatic nitrogens is 2. The quantitative estimate of drug-likeness (QED) is 0.185. The molecule has 0 aliphatic carbocycles. The van der Waals surface area contributed by atoms with Crippen LogP contribution in [0.3, 0.4) is 0 Å². The second-order valence-corrected chi connectivity index (χ2v) is 13.4. The van der Waals surface area contributed by atoms with Gasteiger partial charge in [0, 0.05) is 71.4 Å². The van der Waals surface area contributed by atoms with E-state index >= 15 is 0 Å². The van der Waals surface area contributed by atoms with Crippen LogP contribution in [0, 0.1) is 0 Å². The molecule has 0 radical (unpaired) electrons. The highest BCUT2D eigenvalue weighted by atomic mass is 35.5. The number of nitrogens with zero attached hydrogens (tertiary/aromatic N) is 2. The zero-order valence-corrected chi connectivity index (χ0v) is 27.5. The molecule has 2 aromatic carbocycles. The number of carbonyl (C=O) groups is 2. The second-order valence-electron chi connectivity index (χ2n) is 12.7. The van der Waals surface area contributed by atoms with Gasteiger partial charge in [-0.3, -0.25) is 9.59 Å². The Morgan fingerprint density at radius 1 is 0.646 bits per heavy atom. The summed E-state index contributed by atoms with van der Waals surface area (Å²) in [7, 11) is 0. The number of ether oxygens (including phenoxy) is 2. The van der Waals surface area contributed by atoms with Gasteiger partial charge >= 0.3 is 0 Å². The molecule has 4 aliphatic rings. The Hall–Kier alpha value is -4.22. The molecule has 4 atom stereocenters. The maximum absolute atomic E-state index is 11.6. The van der Waals surface area contributed by atoms with E-state index in [1.165, 1.54) is 0 Å². The summed E-state index contributed by atoms with van der Waals surface area (Å²) in [6.45, 7) is 2.31. The molecule has 6 heterocycles. The number of carbonyl (C=O) groups excluding carboxylic acids is 2. The minimum atomic E-state index is 0.00366. The van der Waals surface area contributed by atoms with Crippen LogP contribution < -0.4 is 30.7 Å². The van der Waals surface area contributed by atoms with Crippen molar-refractivity contribution in [2.24, 2.45) is 0 Å². The predicted octanol–water partition coefficient (Wildman–Crippen LogP) is 5.39. The van der Waals surface area contributed by atoms with Gasteiger partial charge in [-0.05, 0) is 37.1 Å². The Balaban J connectivity index is 1.01. The molecule has 10 nitrogen and oxygen atoms in total. The first-order valence-electron chi connectivity index (χ1n) is 16.3. The van der Waals surface area contributed by atoms with Crippen molar-refractivity contribution in [3.63, 3.8) is 0 Å². The van der Waals surface area contributed by atoms with Crippen LogP contribution in [-0.4, -0.2) is 60.2 Å². The van der Waals surface area contributed by atoms with Gasteiger partial charge in [-0.15, -0.1) is 0 Å². The Kier molecular flexibility index (Phi) is 8.42. The van der Waals surface area contributed by atoms with Gasteiger partial charge < -0.3 is 30.7 Å². The molecule has 12 heteroatoms. The summed E-state index contributed by atoms with van der Waals surface area (Å²) in [5.74, 6) is 1.37. The Bertz CT molecular complexity index is 1780. The van der Waals surface area contributed by atoms with Crippen LogP contribution in [-0.2, 0) is 9.59 Å². The zero-order valence-electron chi connectivity index (χ0n) is 26.0. The summed E-state index contributed by atoms with van der Waals surface area (Å²) < 4.78 is 11.9. The minimum Gasteiger partial charge on any atom is -0.475 e. The number of pyridine rings is 2. The lowest BCUT2D eigenvalue weighted by Gasteiger charge is -2.16. The van der Waals surface area contributed by atoms with E-state index in [1.54, 1.807) is 0 Å². The zero-order chi connectivity index (χ0) is 32.8. The molecular formula is C36H34Cl2N6O4. The van der Waals surface area contributed by atoms with Crippen molar-refractivity contribution in [2.75, 3.05) is 26.3 Å². The molecule has 4 aliphatic heterocycles. The Labute approximate surface area is 287 Å². The summed E-state index contributed by atoms with van der Waals surface area (Å²) in [4.78, 5) is 32.8. The van der Waals surface area contributed by atoms with Crippen molar-refractivity contribution < 1.29 is 19.1 Å². The number of benzene rings is 2. The first-order chi connectivity index (χ1) is 23.4. The highest BCUT2D eigenvalue weighted by Gasteiger charge is 2.30. The van der Waals surface area contributed by atoms with Gasteiger partial charge in [-0.1, -0.05) is 59.6 Å². The van der Waals surface area contributed by atoms with Crippen LogP contribution in [0.25, 0.3) is 33.6 Å². The highest BCUT2D eigenvalue weighted by molar-refractivity contribution is 6.39. The fraction of sp³-hybridized carbons (Fsp3) is 0.333. The standard InChI is InChI=1S/C36H34Cl2N6O4/c37-33-21(3-1-5-23(33)27-11-9-25-29(17-47-35(25)43-27)39-15-19-7-13-31(45)41-19)22-4-2-6-24(34(22)38)28-12-10-26-30(18-48-36(26)44-28)40-16-20-8-14-32(46)42-20/h1-6,9-12,19-20,29-30,39-40H,7-8,13-18H2,(H,41,45)(H,42,46)/t19-,20-,29+,30+/m1/s1. The van der Waals surface area contributed by atoms with Gasteiger partial charge in [0.15, 0.2) is 0 Å². The predicted molar refractivity (Wildman–Crippen MR) is 183 cm³/mol. The molecule has 2 fully saturated rings. The van der Waals surface area contributed by atoms with E-state index < -0.39 is 0 Å². The van der Waals surface area contributed by atoms with E-state index in [-0.39, 0.29) is 36.0 Å². The summed E-state index contributed by atoms with van der Waals surface area (Å²) in [5.41, 5.74) is 6.48. The van der Waals surface area contributed by atoms with E-state index in [4.69, 9.17) is 42.6 Å². The smallest absolute Gasteiger partial charge is 0.220 e. The first kappa shape index (κ1) is 31.1. The van der Waals surface area contributed by atoms with Crippen molar-refractivity contribution >= 4 is 35.0 Å². The monoisotopic (exact) mass is 684 g/mol. The van der Waals surface area contributed by atoms with E-state index in [9.17, 15) is 9.59 Å². The third kappa shape index (κ3) is 5.98. The van der Waals surface area contributed by atoms with E-state index in [0.29, 0.717) is 72.3 Å². The van der Waals surface area contributed by atoms with Crippen LogP contribution in [0.15, 0.2) is 60.7 Å². The van der Waals surface area contributed by atoms with E-state index in [1.807, 2.05) is 60.7 Å². The van der Waals surface area contributed by atoms with Gasteiger partial charge in [-0.25, -0.2) is 9.97 Å². The van der Waals surface area contributed by atoms with Gasteiger partial charge in [0.1, 0.15) is 13.2 Å². The van der Waals surface area contributed by atoms with Crippen LogP contribution in [0.5, 0.6) is 11.8 Å². The lowest BCUT2D eigenvalue weighted by atomic mass is 9.97. The molecule has 4 N–H and O–H groups in total. The number of amides is 2.